The maximum Gasteiger partial charge on any atom is 0.240 e. The second kappa shape index (κ2) is 5.56. The van der Waals surface area contributed by atoms with Crippen LogP contribution >= 0.6 is 11.6 Å². The first-order valence-electron chi connectivity index (χ1n) is 5.22. The molecule has 4 heteroatoms. The Hall–Kier alpha value is -0.280. The third-order valence-corrected chi connectivity index (χ3v) is 3.31. The van der Waals surface area contributed by atoms with Gasteiger partial charge < -0.3 is 10.0 Å². The summed E-state index contributed by atoms with van der Waals surface area (Å²) in [6, 6.07) is 0. The molecule has 14 heavy (non-hydrogen) atoms. The topological polar surface area (TPSA) is 40.5 Å². The number of hydrogen-bond acceptors (Lipinski definition) is 2. The van der Waals surface area contributed by atoms with Gasteiger partial charge in [-0.2, -0.15) is 0 Å². The van der Waals surface area contributed by atoms with E-state index in [1.165, 1.54) is 0 Å². The first-order valence-corrected chi connectivity index (χ1v) is 5.66. The zero-order valence-corrected chi connectivity index (χ0v) is 9.33. The van der Waals surface area contributed by atoms with Gasteiger partial charge in [0.05, 0.1) is 0 Å². The van der Waals surface area contributed by atoms with Crippen molar-refractivity contribution in [1.82, 2.24) is 4.90 Å². The molecule has 0 radical (unpaired) electrons. The van der Waals surface area contributed by atoms with Gasteiger partial charge in [-0.15, -0.1) is 11.6 Å². The number of likely N-dealkylation sites (tertiary alicyclic amines) is 1. The van der Waals surface area contributed by atoms with Gasteiger partial charge >= 0.3 is 0 Å². The minimum atomic E-state index is -0.374. The Labute approximate surface area is 90.0 Å². The molecule has 0 aromatic heterocycles. The summed E-state index contributed by atoms with van der Waals surface area (Å²) in [5, 5.41) is 8.57. The number of amides is 1. The molecule has 0 aliphatic carbocycles. The second-order valence-electron chi connectivity index (χ2n) is 3.83. The minimum absolute atomic E-state index is 0.0468. The number of carbonyl (C=O) groups is 1. The van der Waals surface area contributed by atoms with Gasteiger partial charge in [0.25, 0.3) is 0 Å². The first-order chi connectivity index (χ1) is 6.69. The number of alkyl halides is 1. The number of halogens is 1. The van der Waals surface area contributed by atoms with Crippen LogP contribution in [0.2, 0.25) is 0 Å². The number of rotatable bonds is 3. The molecule has 0 aromatic rings. The lowest BCUT2D eigenvalue weighted by molar-refractivity contribution is -0.132. The first kappa shape index (κ1) is 11.8. The molecule has 0 bridgehead atoms. The highest BCUT2D eigenvalue weighted by Crippen LogP contribution is 2.18. The summed E-state index contributed by atoms with van der Waals surface area (Å²) >= 11 is 5.88. The molecule has 1 heterocycles. The molecule has 0 saturated carbocycles. The van der Waals surface area contributed by atoms with Crippen molar-refractivity contribution in [3.8, 4) is 0 Å². The van der Waals surface area contributed by atoms with Gasteiger partial charge in [0.15, 0.2) is 0 Å². The van der Waals surface area contributed by atoms with E-state index in [0.717, 1.165) is 25.9 Å². The predicted octanol–water partition coefficient (Wildman–Crippen LogP) is 1.23. The molecule has 1 aliphatic rings. The van der Waals surface area contributed by atoms with Crippen LogP contribution in [0.5, 0.6) is 0 Å². The highest BCUT2D eigenvalue weighted by molar-refractivity contribution is 6.30. The Balaban J connectivity index is 2.37. The molecule has 1 saturated heterocycles. The quantitative estimate of drug-likeness (QED) is 0.726. The summed E-state index contributed by atoms with van der Waals surface area (Å²) in [7, 11) is 0. The van der Waals surface area contributed by atoms with E-state index in [4.69, 9.17) is 16.7 Å². The number of aliphatic hydroxyl groups excluding tert-OH is 1. The zero-order chi connectivity index (χ0) is 10.6. The fourth-order valence-electron chi connectivity index (χ4n) is 1.71. The maximum atomic E-state index is 11.7. The molecule has 1 rings (SSSR count). The van der Waals surface area contributed by atoms with Crippen molar-refractivity contribution >= 4 is 17.5 Å². The van der Waals surface area contributed by atoms with Gasteiger partial charge in [-0.1, -0.05) is 6.92 Å². The Kier molecular flexibility index (Phi) is 4.69. The maximum absolute atomic E-state index is 11.7. The van der Waals surface area contributed by atoms with Crippen molar-refractivity contribution < 1.29 is 9.90 Å². The van der Waals surface area contributed by atoms with Crippen molar-refractivity contribution in [2.75, 3.05) is 19.7 Å². The Morgan fingerprint density at radius 1 is 1.57 bits per heavy atom. The largest absolute Gasteiger partial charge is 0.396 e. The number of aliphatic hydroxyl groups is 1. The van der Waals surface area contributed by atoms with E-state index in [-0.39, 0.29) is 17.9 Å². The summed E-state index contributed by atoms with van der Waals surface area (Å²) in [4.78, 5) is 13.5. The average Bonchev–Trinajstić information content (AvgIpc) is 2.27. The molecule has 82 valence electrons. The Morgan fingerprint density at radius 2 is 2.14 bits per heavy atom. The van der Waals surface area contributed by atoms with Crippen molar-refractivity contribution in [1.29, 1.82) is 0 Å². The van der Waals surface area contributed by atoms with Crippen LogP contribution in [0.3, 0.4) is 0 Å². The van der Waals surface area contributed by atoms with Gasteiger partial charge in [0.2, 0.25) is 5.91 Å². The number of nitrogens with zero attached hydrogens (tertiary/aromatic N) is 1. The van der Waals surface area contributed by atoms with E-state index >= 15 is 0 Å². The molecular formula is C10H18ClNO2. The average molecular weight is 220 g/mol. The fourth-order valence-corrected chi connectivity index (χ4v) is 1.85. The van der Waals surface area contributed by atoms with Crippen LogP contribution in [0.25, 0.3) is 0 Å². The van der Waals surface area contributed by atoms with Gasteiger partial charge in [-0.3, -0.25) is 4.79 Å². The summed E-state index contributed by atoms with van der Waals surface area (Å²) < 4.78 is 0. The molecule has 1 amide bonds. The summed E-state index contributed by atoms with van der Waals surface area (Å²) in [5.41, 5.74) is 0. The SMILES string of the molecule is CC[C@@H](Cl)C(=O)N1CCC(CO)CC1. The van der Waals surface area contributed by atoms with Gasteiger partial charge in [0, 0.05) is 19.7 Å². The summed E-state index contributed by atoms with van der Waals surface area (Å²) in [5.74, 6) is 0.417. The minimum Gasteiger partial charge on any atom is -0.396 e. The third-order valence-electron chi connectivity index (χ3n) is 2.81. The lowest BCUT2D eigenvalue weighted by atomic mass is 9.97. The predicted molar refractivity (Wildman–Crippen MR) is 56.3 cm³/mol. The Bertz CT molecular complexity index is 191. The van der Waals surface area contributed by atoms with E-state index in [2.05, 4.69) is 0 Å². The molecule has 1 aliphatic heterocycles. The third kappa shape index (κ3) is 2.85. The van der Waals surface area contributed by atoms with Crippen LogP contribution in [0.4, 0.5) is 0 Å². The molecule has 1 atom stereocenters. The Morgan fingerprint density at radius 3 is 2.57 bits per heavy atom. The number of hydrogen-bond donors (Lipinski definition) is 1. The molecule has 0 aromatic carbocycles. The van der Waals surface area contributed by atoms with Crippen LogP contribution in [0.15, 0.2) is 0 Å². The van der Waals surface area contributed by atoms with Crippen molar-refractivity contribution in [3.05, 3.63) is 0 Å². The van der Waals surface area contributed by atoms with Gasteiger partial charge in [-0.05, 0) is 25.2 Å². The fraction of sp³-hybridized carbons (Fsp3) is 0.900. The highest BCUT2D eigenvalue weighted by atomic mass is 35.5. The number of piperidine rings is 1. The van der Waals surface area contributed by atoms with Crippen LogP contribution in [-0.2, 0) is 4.79 Å². The normalized spacial score (nSPS) is 20.9. The van der Waals surface area contributed by atoms with Crippen LogP contribution in [0, 0.1) is 5.92 Å². The standard InChI is InChI=1S/C10H18ClNO2/c1-2-9(11)10(14)12-5-3-8(7-13)4-6-12/h8-9,13H,2-7H2,1H3/t9-/m1/s1. The molecule has 0 unspecified atom stereocenters. The van der Waals surface area contributed by atoms with Gasteiger partial charge in [0.1, 0.15) is 5.38 Å². The van der Waals surface area contributed by atoms with Gasteiger partial charge in [-0.25, -0.2) is 0 Å². The second-order valence-corrected chi connectivity index (χ2v) is 4.35. The lowest BCUT2D eigenvalue weighted by Crippen LogP contribution is -2.42. The summed E-state index contributed by atoms with van der Waals surface area (Å²) in [6.07, 6.45) is 2.48. The van der Waals surface area contributed by atoms with Crippen LogP contribution in [0.1, 0.15) is 26.2 Å². The van der Waals surface area contributed by atoms with Crippen LogP contribution < -0.4 is 0 Å². The van der Waals surface area contributed by atoms with E-state index < -0.39 is 0 Å². The lowest BCUT2D eigenvalue weighted by Gasteiger charge is -2.32. The van der Waals surface area contributed by atoms with E-state index in [1.807, 2.05) is 11.8 Å². The van der Waals surface area contributed by atoms with Crippen molar-refractivity contribution in [2.24, 2.45) is 5.92 Å². The van der Waals surface area contributed by atoms with E-state index in [9.17, 15) is 4.79 Å². The van der Waals surface area contributed by atoms with Crippen molar-refractivity contribution in [3.63, 3.8) is 0 Å². The molecule has 3 nitrogen and oxygen atoms in total. The van der Waals surface area contributed by atoms with E-state index in [1.54, 1.807) is 0 Å². The number of carbonyl (C=O) groups excluding carboxylic acids is 1. The zero-order valence-electron chi connectivity index (χ0n) is 8.58. The molecule has 1 fully saturated rings. The molecular weight excluding hydrogens is 202 g/mol. The molecule has 1 N–H and O–H groups in total. The van der Waals surface area contributed by atoms with Crippen molar-refractivity contribution in [2.45, 2.75) is 31.6 Å². The van der Waals surface area contributed by atoms with Crippen LogP contribution in [-0.4, -0.2) is 41.0 Å². The monoisotopic (exact) mass is 219 g/mol. The smallest absolute Gasteiger partial charge is 0.240 e. The summed E-state index contributed by atoms with van der Waals surface area (Å²) in [6.45, 7) is 3.64. The molecule has 0 spiro atoms. The highest BCUT2D eigenvalue weighted by Gasteiger charge is 2.25. The van der Waals surface area contributed by atoms with E-state index in [0.29, 0.717) is 12.3 Å².